The fourth-order valence-electron chi connectivity index (χ4n) is 2.48. The van der Waals surface area contributed by atoms with E-state index in [-0.39, 0.29) is 21.7 Å². The Balaban J connectivity index is 1.78. The minimum Gasteiger partial charge on any atom is -0.321 e. The van der Waals surface area contributed by atoms with Gasteiger partial charge in [0.25, 0.3) is 12.1 Å². The molecule has 0 saturated heterocycles. The summed E-state index contributed by atoms with van der Waals surface area (Å²) in [5.74, 6) is -2.18. The molecule has 7 heteroatoms. The van der Waals surface area contributed by atoms with Gasteiger partial charge in [0.15, 0.2) is 0 Å². The van der Waals surface area contributed by atoms with Crippen molar-refractivity contribution >= 4 is 23.7 Å². The zero-order valence-corrected chi connectivity index (χ0v) is 14.6. The SMILES string of the molecule is O=C(Nc1ccccc1C(=O)N[N+](F)=Cc1ccccc1)c1ccccc1F. The van der Waals surface area contributed by atoms with Crippen LogP contribution in [0.4, 0.5) is 14.6 Å². The zero-order valence-electron chi connectivity index (χ0n) is 14.6. The van der Waals surface area contributed by atoms with Crippen LogP contribution in [-0.2, 0) is 0 Å². The highest BCUT2D eigenvalue weighted by molar-refractivity contribution is 6.08. The molecule has 0 saturated carbocycles. The van der Waals surface area contributed by atoms with E-state index in [2.05, 4.69) is 10.7 Å². The van der Waals surface area contributed by atoms with Crippen LogP contribution in [0.3, 0.4) is 0 Å². The van der Waals surface area contributed by atoms with Crippen molar-refractivity contribution in [3.05, 3.63) is 101 Å². The molecule has 0 bridgehead atoms. The van der Waals surface area contributed by atoms with Crippen LogP contribution < -0.4 is 10.7 Å². The minimum atomic E-state index is -0.779. The number of hydrogen-bond donors (Lipinski definition) is 2. The van der Waals surface area contributed by atoms with E-state index in [0.29, 0.717) is 5.56 Å². The Morgan fingerprint density at radius 2 is 1.39 bits per heavy atom. The number of nitrogens with zero attached hydrogens (tertiary/aromatic N) is 1. The van der Waals surface area contributed by atoms with Crippen LogP contribution in [0, 0.1) is 5.82 Å². The Morgan fingerprint density at radius 3 is 2.11 bits per heavy atom. The number of hydrazone groups is 1. The molecule has 0 atom stereocenters. The average Bonchev–Trinajstić information content (AvgIpc) is 2.69. The summed E-state index contributed by atoms with van der Waals surface area (Å²) in [7, 11) is 0. The van der Waals surface area contributed by atoms with E-state index < -0.39 is 17.6 Å². The van der Waals surface area contributed by atoms with Crippen LogP contribution in [0.25, 0.3) is 0 Å². The van der Waals surface area contributed by atoms with Gasteiger partial charge in [-0.15, -0.1) is 0 Å². The van der Waals surface area contributed by atoms with Crippen LogP contribution in [0.15, 0.2) is 78.9 Å². The smallest absolute Gasteiger partial charge is 0.311 e. The lowest BCUT2D eigenvalue weighted by Gasteiger charge is -2.09. The third-order valence-corrected chi connectivity index (χ3v) is 3.81. The molecule has 2 N–H and O–H groups in total. The molecule has 3 aromatic rings. The number of benzene rings is 3. The van der Waals surface area contributed by atoms with Crippen LogP contribution in [0.1, 0.15) is 26.3 Å². The first-order chi connectivity index (χ1) is 13.5. The lowest BCUT2D eigenvalue weighted by atomic mass is 10.1. The third-order valence-electron chi connectivity index (χ3n) is 3.81. The lowest BCUT2D eigenvalue weighted by Crippen LogP contribution is -2.31. The van der Waals surface area contributed by atoms with E-state index in [9.17, 15) is 18.5 Å². The highest BCUT2D eigenvalue weighted by Crippen LogP contribution is 2.17. The van der Waals surface area contributed by atoms with Crippen molar-refractivity contribution in [3.8, 4) is 0 Å². The number of para-hydroxylation sites is 1. The maximum atomic E-state index is 14.0. The van der Waals surface area contributed by atoms with Gasteiger partial charge in [0.05, 0.1) is 16.8 Å². The number of nitrogens with one attached hydrogen (secondary N) is 2. The molecular formula is C21H16F2N3O2+. The molecule has 3 aromatic carbocycles. The minimum absolute atomic E-state index is 0.0244. The van der Waals surface area contributed by atoms with Crippen molar-refractivity contribution < 1.29 is 23.4 Å². The van der Waals surface area contributed by atoms with E-state index >= 15 is 0 Å². The van der Waals surface area contributed by atoms with Crippen LogP contribution in [0.5, 0.6) is 0 Å². The van der Waals surface area contributed by atoms with Crippen molar-refractivity contribution in [2.24, 2.45) is 0 Å². The number of hydrazine groups is 1. The summed E-state index contributed by atoms with van der Waals surface area (Å²) in [6, 6.07) is 20.1. The molecular weight excluding hydrogens is 364 g/mol. The van der Waals surface area contributed by atoms with E-state index in [1.54, 1.807) is 42.5 Å². The molecule has 0 radical (unpaired) electrons. The van der Waals surface area contributed by atoms with Crippen LogP contribution in [0.2, 0.25) is 0 Å². The second-order valence-electron chi connectivity index (χ2n) is 5.77. The van der Waals surface area contributed by atoms with Gasteiger partial charge < -0.3 is 5.32 Å². The molecule has 0 unspecified atom stereocenters. The van der Waals surface area contributed by atoms with E-state index in [1.807, 2.05) is 0 Å². The molecule has 0 aliphatic rings. The molecule has 28 heavy (non-hydrogen) atoms. The number of carbonyl (C=O) groups is 2. The summed E-state index contributed by atoms with van der Waals surface area (Å²) >= 11 is 0. The molecule has 3 rings (SSSR count). The first kappa shape index (κ1) is 18.9. The summed E-state index contributed by atoms with van der Waals surface area (Å²) < 4.78 is 27.8. The molecule has 0 heterocycles. The van der Waals surface area contributed by atoms with Crippen molar-refractivity contribution in [1.82, 2.24) is 5.43 Å². The highest BCUT2D eigenvalue weighted by atomic mass is 19.2. The molecule has 0 aliphatic carbocycles. The fraction of sp³-hybridized carbons (Fsp3) is 0. The normalized spacial score (nSPS) is 11.0. The van der Waals surface area contributed by atoms with Gasteiger partial charge >= 0.3 is 5.91 Å². The number of rotatable bonds is 5. The van der Waals surface area contributed by atoms with Crippen LogP contribution >= 0.6 is 0 Å². The van der Waals surface area contributed by atoms with Crippen molar-refractivity contribution in [2.45, 2.75) is 0 Å². The topological polar surface area (TPSA) is 61.2 Å². The van der Waals surface area contributed by atoms with Crippen molar-refractivity contribution in [2.75, 3.05) is 5.32 Å². The fourth-order valence-corrected chi connectivity index (χ4v) is 2.48. The van der Waals surface area contributed by atoms with Crippen molar-refractivity contribution in [1.29, 1.82) is 0 Å². The largest absolute Gasteiger partial charge is 0.321 e. The van der Waals surface area contributed by atoms with Crippen molar-refractivity contribution in [3.63, 3.8) is 0 Å². The molecule has 2 amide bonds. The summed E-state index contributed by atoms with van der Waals surface area (Å²) in [6.45, 7) is 0. The Kier molecular flexibility index (Phi) is 5.86. The third kappa shape index (κ3) is 4.64. The number of halogens is 2. The quantitative estimate of drug-likeness (QED) is 0.402. The van der Waals surface area contributed by atoms with Gasteiger partial charge in [-0.1, -0.05) is 47.9 Å². The highest BCUT2D eigenvalue weighted by Gasteiger charge is 2.19. The molecule has 0 fully saturated rings. The van der Waals surface area contributed by atoms with Gasteiger partial charge in [-0.2, -0.15) is 0 Å². The maximum absolute atomic E-state index is 14.0. The van der Waals surface area contributed by atoms with E-state index in [0.717, 1.165) is 12.3 Å². The predicted octanol–water partition coefficient (Wildman–Crippen LogP) is 3.74. The Bertz CT molecular complexity index is 1040. The Labute approximate surface area is 159 Å². The first-order valence-corrected chi connectivity index (χ1v) is 8.35. The van der Waals surface area contributed by atoms with Gasteiger partial charge in [-0.3, -0.25) is 9.59 Å². The molecule has 0 aromatic heterocycles. The second-order valence-corrected chi connectivity index (χ2v) is 5.77. The van der Waals surface area contributed by atoms with Crippen LogP contribution in [-0.4, -0.2) is 22.9 Å². The van der Waals surface area contributed by atoms with E-state index in [1.165, 1.54) is 30.3 Å². The molecule has 0 aliphatic heterocycles. The van der Waals surface area contributed by atoms with Gasteiger partial charge in [0.2, 0.25) is 0 Å². The number of hydrogen-bond acceptors (Lipinski definition) is 2. The van der Waals surface area contributed by atoms with E-state index in [4.69, 9.17) is 0 Å². The first-order valence-electron chi connectivity index (χ1n) is 8.35. The molecule has 140 valence electrons. The standard InChI is InChI=1S/C21H15F2N3O2/c22-18-12-6-4-10-16(18)20(27)24-19-13-7-5-11-17(19)21(28)25-26(23)14-15-8-2-1-3-9-15/h1-14H,(H-,24,25,27,28)/p+1. The lowest BCUT2D eigenvalue weighted by molar-refractivity contribution is -0.740. The Morgan fingerprint density at radius 1 is 0.786 bits per heavy atom. The summed E-state index contributed by atoms with van der Waals surface area (Å²) in [5.41, 5.74) is 2.59. The summed E-state index contributed by atoms with van der Waals surface area (Å²) in [4.78, 5) is 24.7. The van der Waals surface area contributed by atoms with Gasteiger partial charge in [0.1, 0.15) is 15.2 Å². The van der Waals surface area contributed by atoms with Gasteiger partial charge in [-0.25, -0.2) is 4.39 Å². The summed E-state index contributed by atoms with van der Waals surface area (Å²) in [5, 5.41) is 2.48. The maximum Gasteiger partial charge on any atom is 0.311 e. The number of amides is 2. The number of carbonyl (C=O) groups excluding carboxylic acids is 2. The molecule has 0 spiro atoms. The second kappa shape index (κ2) is 8.68. The van der Waals surface area contributed by atoms with Gasteiger partial charge in [0, 0.05) is 5.56 Å². The monoisotopic (exact) mass is 380 g/mol. The predicted molar refractivity (Wildman–Crippen MR) is 101 cm³/mol. The molecule has 5 nitrogen and oxygen atoms in total. The van der Waals surface area contributed by atoms with Gasteiger partial charge in [-0.05, 0) is 36.4 Å². The zero-order chi connectivity index (χ0) is 19.9. The summed E-state index contributed by atoms with van der Waals surface area (Å²) in [6.07, 6.45) is 1.10. The average molecular weight is 380 g/mol. The number of anilines is 1. The Hall–Kier alpha value is -3.87.